The van der Waals surface area contributed by atoms with Crippen LogP contribution in [0.15, 0.2) is 42.5 Å². The molecular formula is C33H48N4O6. The molecule has 43 heavy (non-hydrogen) atoms. The SMILES string of the molecule is Cc1ccccc1NC(=O)C(c1cccc(C)c1O)N(C(=O)C(CCC(N)=O)NC(=O)OC(C)(C)C)C(C)CCC(C)C. The molecule has 0 saturated carbocycles. The van der Waals surface area contributed by atoms with E-state index in [1.807, 2.05) is 26.0 Å². The molecule has 0 aromatic heterocycles. The van der Waals surface area contributed by atoms with Gasteiger partial charge in [-0.3, -0.25) is 14.4 Å². The first-order valence-corrected chi connectivity index (χ1v) is 14.8. The number of carbonyl (C=O) groups is 4. The van der Waals surface area contributed by atoms with E-state index in [9.17, 15) is 24.3 Å². The van der Waals surface area contributed by atoms with Gasteiger partial charge in [0.2, 0.25) is 11.8 Å². The summed E-state index contributed by atoms with van der Waals surface area (Å²) in [5.74, 6) is -1.58. The molecule has 0 heterocycles. The lowest BCUT2D eigenvalue weighted by Gasteiger charge is -2.39. The number of aromatic hydroxyl groups is 1. The van der Waals surface area contributed by atoms with Gasteiger partial charge in [-0.15, -0.1) is 0 Å². The molecule has 0 bridgehead atoms. The number of hydrogen-bond acceptors (Lipinski definition) is 6. The average Bonchev–Trinajstić information content (AvgIpc) is 2.89. The van der Waals surface area contributed by atoms with Crippen LogP contribution in [0.25, 0.3) is 0 Å². The molecule has 3 atom stereocenters. The van der Waals surface area contributed by atoms with Crippen molar-refractivity contribution >= 4 is 29.5 Å². The molecule has 0 aliphatic rings. The molecule has 0 saturated heterocycles. The highest BCUT2D eigenvalue weighted by atomic mass is 16.6. The molecular weight excluding hydrogens is 548 g/mol. The molecule has 5 N–H and O–H groups in total. The van der Waals surface area contributed by atoms with Crippen LogP contribution in [0.4, 0.5) is 10.5 Å². The molecule has 236 valence electrons. The Bertz CT molecular complexity index is 1290. The summed E-state index contributed by atoms with van der Waals surface area (Å²) in [5, 5.41) is 16.7. The van der Waals surface area contributed by atoms with Crippen molar-refractivity contribution in [2.75, 3.05) is 5.32 Å². The number of phenolic OH excluding ortho intramolecular Hbond substituents is 1. The maximum Gasteiger partial charge on any atom is 0.408 e. The van der Waals surface area contributed by atoms with E-state index in [0.717, 1.165) is 12.0 Å². The van der Waals surface area contributed by atoms with E-state index in [1.165, 1.54) is 4.90 Å². The third kappa shape index (κ3) is 10.6. The standard InChI is InChI=1S/C33H48N4O6/c1-20(2)16-17-23(5)37(31(41)26(18-19-27(34)38)36-32(42)43-33(6,7)8)28(24-14-11-13-22(4)29(24)39)30(40)35-25-15-10-9-12-21(25)3/h9-15,20,23,26,28,39H,16-19H2,1-8H3,(H2,34,38)(H,35,40)(H,36,42). The lowest BCUT2D eigenvalue weighted by atomic mass is 9.95. The van der Waals surface area contributed by atoms with Gasteiger partial charge in [-0.2, -0.15) is 0 Å². The quantitative estimate of drug-likeness (QED) is 0.240. The van der Waals surface area contributed by atoms with Crippen molar-refractivity contribution in [2.24, 2.45) is 11.7 Å². The maximum atomic E-state index is 14.5. The Labute approximate surface area is 255 Å². The van der Waals surface area contributed by atoms with Gasteiger partial charge in [-0.25, -0.2) is 4.79 Å². The number of alkyl carbamates (subject to hydrolysis) is 1. The van der Waals surface area contributed by atoms with E-state index in [-0.39, 0.29) is 24.2 Å². The van der Waals surface area contributed by atoms with E-state index in [4.69, 9.17) is 10.5 Å². The Hall–Kier alpha value is -4.08. The fourth-order valence-electron chi connectivity index (χ4n) is 4.72. The highest BCUT2D eigenvalue weighted by molar-refractivity contribution is 6.00. The predicted molar refractivity (Wildman–Crippen MR) is 167 cm³/mol. The van der Waals surface area contributed by atoms with Crippen molar-refractivity contribution < 1.29 is 29.0 Å². The second-order valence-corrected chi connectivity index (χ2v) is 12.5. The van der Waals surface area contributed by atoms with Crippen molar-refractivity contribution in [1.82, 2.24) is 10.2 Å². The molecule has 2 aromatic rings. The summed E-state index contributed by atoms with van der Waals surface area (Å²) in [7, 11) is 0. The Kier molecular flexibility index (Phi) is 12.6. The Morgan fingerprint density at radius 3 is 2.14 bits per heavy atom. The maximum absolute atomic E-state index is 14.5. The molecule has 0 aliphatic heterocycles. The number of rotatable bonds is 13. The summed E-state index contributed by atoms with van der Waals surface area (Å²) in [4.78, 5) is 54.7. The smallest absolute Gasteiger partial charge is 0.408 e. The monoisotopic (exact) mass is 596 g/mol. The summed E-state index contributed by atoms with van der Waals surface area (Å²) in [5.41, 5.74) is 6.73. The second-order valence-electron chi connectivity index (χ2n) is 12.5. The Morgan fingerprint density at radius 1 is 0.930 bits per heavy atom. The average molecular weight is 597 g/mol. The minimum absolute atomic E-state index is 0.104. The van der Waals surface area contributed by atoms with Crippen molar-refractivity contribution in [3.05, 3.63) is 59.2 Å². The molecule has 0 spiro atoms. The van der Waals surface area contributed by atoms with Gasteiger partial charge in [0.05, 0.1) is 0 Å². The molecule has 10 heteroatoms. The summed E-state index contributed by atoms with van der Waals surface area (Å²) in [6, 6.07) is 9.29. The van der Waals surface area contributed by atoms with Crippen LogP contribution >= 0.6 is 0 Å². The van der Waals surface area contributed by atoms with E-state index in [1.54, 1.807) is 58.0 Å². The van der Waals surface area contributed by atoms with Crippen LogP contribution in [0.2, 0.25) is 0 Å². The number of carbonyl (C=O) groups excluding carboxylic acids is 4. The third-order valence-electron chi connectivity index (χ3n) is 7.05. The van der Waals surface area contributed by atoms with Gasteiger partial charge in [0.1, 0.15) is 23.4 Å². The van der Waals surface area contributed by atoms with Gasteiger partial charge in [0.25, 0.3) is 5.91 Å². The first kappa shape index (κ1) is 35.1. The lowest BCUT2D eigenvalue weighted by Crippen LogP contribution is -2.55. The predicted octanol–water partition coefficient (Wildman–Crippen LogP) is 5.50. The minimum atomic E-state index is -1.27. The van der Waals surface area contributed by atoms with E-state index < -0.39 is 47.5 Å². The number of amides is 4. The molecule has 0 fully saturated rings. The molecule has 3 unspecified atom stereocenters. The number of primary amides is 1. The summed E-state index contributed by atoms with van der Waals surface area (Å²) < 4.78 is 5.41. The number of nitrogens with two attached hydrogens (primary N) is 1. The number of phenols is 1. The van der Waals surface area contributed by atoms with Crippen LogP contribution in [0.5, 0.6) is 5.75 Å². The van der Waals surface area contributed by atoms with Crippen molar-refractivity contribution in [1.29, 1.82) is 0 Å². The largest absolute Gasteiger partial charge is 0.507 e. The van der Waals surface area contributed by atoms with Gasteiger partial charge in [-0.1, -0.05) is 50.2 Å². The number of para-hydroxylation sites is 2. The van der Waals surface area contributed by atoms with Gasteiger partial charge >= 0.3 is 6.09 Å². The molecule has 2 aromatic carbocycles. The van der Waals surface area contributed by atoms with Crippen LogP contribution in [0, 0.1) is 19.8 Å². The number of anilines is 1. The Balaban J connectivity index is 2.71. The molecule has 2 rings (SSSR count). The fourth-order valence-corrected chi connectivity index (χ4v) is 4.72. The first-order chi connectivity index (χ1) is 20.0. The van der Waals surface area contributed by atoms with Gasteiger partial charge < -0.3 is 31.1 Å². The summed E-state index contributed by atoms with van der Waals surface area (Å²) >= 11 is 0. The zero-order chi connectivity index (χ0) is 32.5. The van der Waals surface area contributed by atoms with E-state index >= 15 is 0 Å². The zero-order valence-electron chi connectivity index (χ0n) is 26.7. The molecule has 4 amide bonds. The van der Waals surface area contributed by atoms with Crippen molar-refractivity contribution in [3.63, 3.8) is 0 Å². The van der Waals surface area contributed by atoms with Gasteiger partial charge in [-0.05, 0) is 83.9 Å². The third-order valence-corrected chi connectivity index (χ3v) is 7.05. The van der Waals surface area contributed by atoms with E-state index in [2.05, 4.69) is 24.5 Å². The number of benzene rings is 2. The van der Waals surface area contributed by atoms with Crippen LogP contribution in [-0.4, -0.2) is 51.5 Å². The zero-order valence-corrected chi connectivity index (χ0v) is 26.7. The summed E-state index contributed by atoms with van der Waals surface area (Å²) in [6.07, 6.45) is 0.161. The Morgan fingerprint density at radius 2 is 1.56 bits per heavy atom. The summed E-state index contributed by atoms with van der Waals surface area (Å²) in [6.45, 7) is 14.6. The number of hydrogen-bond donors (Lipinski definition) is 4. The number of ether oxygens (including phenoxy) is 1. The highest BCUT2D eigenvalue weighted by Gasteiger charge is 2.40. The molecule has 0 radical (unpaired) electrons. The van der Waals surface area contributed by atoms with E-state index in [0.29, 0.717) is 23.6 Å². The number of nitrogens with one attached hydrogen (secondary N) is 2. The van der Waals surface area contributed by atoms with Gasteiger partial charge in [0.15, 0.2) is 0 Å². The molecule has 0 aliphatic carbocycles. The fraction of sp³-hybridized carbons (Fsp3) is 0.515. The van der Waals surface area contributed by atoms with Crippen LogP contribution in [0.1, 0.15) is 90.0 Å². The first-order valence-electron chi connectivity index (χ1n) is 14.8. The van der Waals surface area contributed by atoms with Gasteiger partial charge in [0, 0.05) is 23.7 Å². The van der Waals surface area contributed by atoms with Crippen LogP contribution in [-0.2, 0) is 19.1 Å². The van der Waals surface area contributed by atoms with Crippen LogP contribution < -0.4 is 16.4 Å². The minimum Gasteiger partial charge on any atom is -0.507 e. The lowest BCUT2D eigenvalue weighted by molar-refractivity contribution is -0.143. The van der Waals surface area contributed by atoms with Crippen molar-refractivity contribution in [2.45, 2.75) is 105 Å². The normalized spacial score (nSPS) is 13.5. The topological polar surface area (TPSA) is 151 Å². The second kappa shape index (κ2) is 15.4. The highest BCUT2D eigenvalue weighted by Crippen LogP contribution is 2.35. The van der Waals surface area contributed by atoms with Crippen LogP contribution in [0.3, 0.4) is 0 Å². The molecule has 10 nitrogen and oxygen atoms in total. The number of nitrogens with zero attached hydrogens (tertiary/aromatic N) is 1. The van der Waals surface area contributed by atoms with Crippen molar-refractivity contribution in [3.8, 4) is 5.75 Å². The number of aryl methyl sites for hydroxylation is 2.